The van der Waals surface area contributed by atoms with Crippen LogP contribution < -0.4 is 5.32 Å². The van der Waals surface area contributed by atoms with Crippen LogP contribution in [0.15, 0.2) is 42.9 Å². The number of halogens is 1. The molecule has 2 aliphatic carbocycles. The molecule has 4 aromatic rings. The molecule has 0 saturated heterocycles. The van der Waals surface area contributed by atoms with Crippen molar-refractivity contribution in [1.82, 2.24) is 29.6 Å². The fourth-order valence-electron chi connectivity index (χ4n) is 5.26. The normalized spacial score (nSPS) is 16.3. The van der Waals surface area contributed by atoms with Crippen molar-refractivity contribution in [3.63, 3.8) is 0 Å². The molecular formula is C27H29FN6O. The van der Waals surface area contributed by atoms with E-state index in [0.29, 0.717) is 23.1 Å². The van der Waals surface area contributed by atoms with E-state index in [4.69, 9.17) is 4.98 Å². The third kappa shape index (κ3) is 4.45. The van der Waals surface area contributed by atoms with E-state index in [2.05, 4.69) is 20.0 Å². The summed E-state index contributed by atoms with van der Waals surface area (Å²) >= 11 is 0. The zero-order valence-corrected chi connectivity index (χ0v) is 19.9. The molecular weight excluding hydrogens is 443 g/mol. The second-order valence-electron chi connectivity index (χ2n) is 9.97. The van der Waals surface area contributed by atoms with Crippen LogP contribution in [0.2, 0.25) is 0 Å². The summed E-state index contributed by atoms with van der Waals surface area (Å²) in [6.45, 7) is 1.10. The highest BCUT2D eigenvalue weighted by molar-refractivity contribution is 6.03. The molecule has 0 aliphatic heterocycles. The van der Waals surface area contributed by atoms with E-state index in [1.807, 2.05) is 25.4 Å². The number of benzene rings is 1. The van der Waals surface area contributed by atoms with E-state index in [9.17, 15) is 9.18 Å². The summed E-state index contributed by atoms with van der Waals surface area (Å²) < 4.78 is 18.3. The molecule has 35 heavy (non-hydrogen) atoms. The number of nitrogens with one attached hydrogen (secondary N) is 1. The van der Waals surface area contributed by atoms with Crippen molar-refractivity contribution in [3.8, 4) is 11.1 Å². The number of carbonyl (C=O) groups is 1. The molecule has 6 rings (SSSR count). The van der Waals surface area contributed by atoms with Gasteiger partial charge >= 0.3 is 0 Å². The van der Waals surface area contributed by atoms with Crippen molar-refractivity contribution < 1.29 is 9.18 Å². The molecule has 0 unspecified atom stereocenters. The smallest absolute Gasteiger partial charge is 0.272 e. The fraction of sp³-hybridized carbons (Fsp3) is 0.407. The molecule has 180 valence electrons. The molecule has 0 radical (unpaired) electrons. The summed E-state index contributed by atoms with van der Waals surface area (Å²) in [5, 5.41) is 7.13. The van der Waals surface area contributed by atoms with Crippen LogP contribution in [0.25, 0.3) is 22.2 Å². The molecule has 2 aliphatic rings. The van der Waals surface area contributed by atoms with Crippen molar-refractivity contribution >= 4 is 16.9 Å². The monoisotopic (exact) mass is 472 g/mol. The van der Waals surface area contributed by atoms with Crippen molar-refractivity contribution in [3.05, 3.63) is 65.8 Å². The molecule has 0 bridgehead atoms. The van der Waals surface area contributed by atoms with Gasteiger partial charge in [0.05, 0.1) is 17.2 Å². The molecule has 2 saturated carbocycles. The van der Waals surface area contributed by atoms with Crippen molar-refractivity contribution in [2.45, 2.75) is 57.5 Å². The van der Waals surface area contributed by atoms with Gasteiger partial charge in [-0.05, 0) is 67.0 Å². The SMILES string of the molecule is Cn1cc(-c2cc(F)cc(CNC(=O)c3nccc4nc(C5CCCC5)n(CC5CC5)c34)c2)cn1. The average molecular weight is 473 g/mol. The minimum atomic E-state index is -0.348. The van der Waals surface area contributed by atoms with E-state index < -0.39 is 0 Å². The Morgan fingerprint density at radius 2 is 1.97 bits per heavy atom. The van der Waals surface area contributed by atoms with Gasteiger partial charge < -0.3 is 9.88 Å². The predicted molar refractivity (Wildman–Crippen MR) is 131 cm³/mol. The van der Waals surface area contributed by atoms with Crippen LogP contribution in [0.1, 0.15) is 66.3 Å². The molecule has 7 nitrogen and oxygen atoms in total. The minimum absolute atomic E-state index is 0.203. The second-order valence-corrected chi connectivity index (χ2v) is 9.97. The van der Waals surface area contributed by atoms with Crippen LogP contribution in [-0.2, 0) is 20.1 Å². The Morgan fingerprint density at radius 3 is 2.71 bits per heavy atom. The van der Waals surface area contributed by atoms with Gasteiger partial charge in [0.2, 0.25) is 0 Å². The molecule has 0 spiro atoms. The maximum atomic E-state index is 14.3. The van der Waals surface area contributed by atoms with Crippen LogP contribution in [0.5, 0.6) is 0 Å². The fourth-order valence-corrected chi connectivity index (χ4v) is 5.26. The lowest BCUT2D eigenvalue weighted by molar-refractivity contribution is 0.0947. The molecule has 1 aromatic carbocycles. The Kier molecular flexibility index (Phi) is 5.59. The second kappa shape index (κ2) is 8.91. The summed E-state index contributed by atoms with van der Waals surface area (Å²) in [5.41, 5.74) is 4.29. The summed E-state index contributed by atoms with van der Waals surface area (Å²) in [4.78, 5) is 22.8. The summed E-state index contributed by atoms with van der Waals surface area (Å²) in [6.07, 6.45) is 12.4. The third-order valence-corrected chi connectivity index (χ3v) is 7.21. The number of fused-ring (bicyclic) bond motifs is 1. The van der Waals surface area contributed by atoms with E-state index in [1.165, 1.54) is 37.8 Å². The first kappa shape index (κ1) is 21.9. The Hall–Kier alpha value is -3.55. The van der Waals surface area contributed by atoms with E-state index in [-0.39, 0.29) is 18.3 Å². The number of hydrogen-bond donors (Lipinski definition) is 1. The van der Waals surface area contributed by atoms with Crippen LogP contribution in [0, 0.1) is 11.7 Å². The van der Waals surface area contributed by atoms with Crippen LogP contribution >= 0.6 is 0 Å². The molecule has 8 heteroatoms. The molecule has 0 atom stereocenters. The van der Waals surface area contributed by atoms with Crippen molar-refractivity contribution in [2.24, 2.45) is 13.0 Å². The predicted octanol–water partition coefficient (Wildman–Crippen LogP) is 4.97. The van der Waals surface area contributed by atoms with Gasteiger partial charge in [0.25, 0.3) is 5.91 Å². The summed E-state index contributed by atoms with van der Waals surface area (Å²) in [7, 11) is 1.82. The first-order valence-electron chi connectivity index (χ1n) is 12.5. The first-order chi connectivity index (χ1) is 17.0. The maximum Gasteiger partial charge on any atom is 0.272 e. The Morgan fingerprint density at radius 1 is 1.14 bits per heavy atom. The van der Waals surface area contributed by atoms with E-state index >= 15 is 0 Å². The van der Waals surface area contributed by atoms with E-state index in [0.717, 1.165) is 47.4 Å². The number of carbonyl (C=O) groups excluding carboxylic acids is 1. The van der Waals surface area contributed by atoms with Crippen molar-refractivity contribution in [1.29, 1.82) is 0 Å². The van der Waals surface area contributed by atoms with Gasteiger partial charge in [0, 0.05) is 44.0 Å². The Labute approximate surface area is 203 Å². The van der Waals surface area contributed by atoms with Gasteiger partial charge in [-0.1, -0.05) is 12.8 Å². The number of pyridine rings is 1. The molecule has 3 aromatic heterocycles. The quantitative estimate of drug-likeness (QED) is 0.412. The minimum Gasteiger partial charge on any atom is -0.347 e. The van der Waals surface area contributed by atoms with Gasteiger partial charge in [0.15, 0.2) is 5.69 Å². The molecule has 1 N–H and O–H groups in total. The van der Waals surface area contributed by atoms with Gasteiger partial charge in [-0.2, -0.15) is 5.10 Å². The highest BCUT2D eigenvalue weighted by Gasteiger charge is 2.30. The highest BCUT2D eigenvalue weighted by atomic mass is 19.1. The van der Waals surface area contributed by atoms with Gasteiger partial charge in [-0.3, -0.25) is 9.48 Å². The standard InChI is InChI=1S/C27H29FN6O/c1-33-16-21(14-31-33)20-10-18(11-22(28)12-20)13-30-27(35)24-25-23(8-9-29-24)32-26(19-4-2-3-5-19)34(25)15-17-6-7-17/h8-12,14,16-17,19H,2-7,13,15H2,1H3,(H,30,35). The average Bonchev–Trinajstić information content (AvgIpc) is 3.21. The number of aryl methyl sites for hydroxylation is 1. The highest BCUT2D eigenvalue weighted by Crippen LogP contribution is 2.38. The maximum absolute atomic E-state index is 14.3. The summed E-state index contributed by atoms with van der Waals surface area (Å²) in [6, 6.07) is 6.71. The lowest BCUT2D eigenvalue weighted by Gasteiger charge is -2.14. The number of amides is 1. The number of rotatable bonds is 7. The molecule has 1 amide bonds. The first-order valence-corrected chi connectivity index (χ1v) is 12.5. The van der Waals surface area contributed by atoms with Crippen LogP contribution in [0.4, 0.5) is 4.39 Å². The lowest BCUT2D eigenvalue weighted by atomic mass is 10.1. The number of hydrogen-bond acceptors (Lipinski definition) is 4. The number of aromatic nitrogens is 5. The summed E-state index contributed by atoms with van der Waals surface area (Å²) in [5.74, 6) is 1.60. The van der Waals surface area contributed by atoms with Gasteiger partial charge in [-0.25, -0.2) is 14.4 Å². The Bertz CT molecular complexity index is 1400. The zero-order chi connectivity index (χ0) is 23.9. The van der Waals surface area contributed by atoms with Gasteiger partial charge in [0.1, 0.15) is 11.6 Å². The molecule has 2 fully saturated rings. The van der Waals surface area contributed by atoms with Crippen LogP contribution in [0.3, 0.4) is 0 Å². The van der Waals surface area contributed by atoms with Crippen molar-refractivity contribution in [2.75, 3.05) is 0 Å². The third-order valence-electron chi connectivity index (χ3n) is 7.21. The number of nitrogens with zero attached hydrogens (tertiary/aromatic N) is 5. The molecule has 3 heterocycles. The Balaban J connectivity index is 1.29. The topological polar surface area (TPSA) is 77.6 Å². The lowest BCUT2D eigenvalue weighted by Crippen LogP contribution is -2.25. The zero-order valence-electron chi connectivity index (χ0n) is 19.9. The van der Waals surface area contributed by atoms with E-state index in [1.54, 1.807) is 17.1 Å². The number of imidazole rings is 1. The largest absolute Gasteiger partial charge is 0.347 e. The van der Waals surface area contributed by atoms with Gasteiger partial charge in [-0.15, -0.1) is 0 Å². The van der Waals surface area contributed by atoms with Crippen LogP contribution in [-0.4, -0.2) is 30.2 Å².